The van der Waals surface area contributed by atoms with E-state index in [0.29, 0.717) is 19.3 Å². The summed E-state index contributed by atoms with van der Waals surface area (Å²) in [6, 6.07) is 0. The first kappa shape index (κ1) is 63.3. The van der Waals surface area contributed by atoms with Crippen molar-refractivity contribution in [3.63, 3.8) is 0 Å². The number of carbonyl (C=O) groups is 3. The van der Waals surface area contributed by atoms with E-state index in [1.807, 2.05) is 18.2 Å². The lowest BCUT2D eigenvalue weighted by Crippen LogP contribution is -2.30. The fraction of sp³-hybridized carbons (Fsp3) is 0.689. The van der Waals surface area contributed by atoms with Gasteiger partial charge < -0.3 is 14.2 Å². The molecule has 0 spiro atoms. The second-order valence-corrected chi connectivity index (χ2v) is 18.3. The summed E-state index contributed by atoms with van der Waals surface area (Å²) in [5.41, 5.74) is 0. The van der Waals surface area contributed by atoms with Crippen molar-refractivity contribution in [1.29, 1.82) is 0 Å². The Labute approximate surface area is 413 Å². The summed E-state index contributed by atoms with van der Waals surface area (Å²) >= 11 is 0. The van der Waals surface area contributed by atoms with Gasteiger partial charge in [0.05, 0.1) is 0 Å². The van der Waals surface area contributed by atoms with Gasteiger partial charge in [-0.05, 0) is 89.9 Å². The first-order valence-corrected chi connectivity index (χ1v) is 27.8. The van der Waals surface area contributed by atoms with Crippen LogP contribution in [0.3, 0.4) is 0 Å². The second kappa shape index (κ2) is 54.9. The lowest BCUT2D eigenvalue weighted by atomic mass is 10.1. The summed E-state index contributed by atoms with van der Waals surface area (Å²) in [5.74, 6) is -0.948. The molecular weight excluding hydrogens is 829 g/mol. The largest absolute Gasteiger partial charge is 0.462 e. The first-order chi connectivity index (χ1) is 33.0. The normalized spacial score (nSPS) is 12.8. The highest BCUT2D eigenvalue weighted by molar-refractivity contribution is 5.71. The molecule has 67 heavy (non-hydrogen) atoms. The molecule has 0 radical (unpaired) electrons. The fourth-order valence-corrected chi connectivity index (χ4v) is 7.51. The van der Waals surface area contributed by atoms with Crippen LogP contribution in [0.25, 0.3) is 0 Å². The number of unbranched alkanes of at least 4 members (excludes halogenated alkanes) is 27. The van der Waals surface area contributed by atoms with Crippen molar-refractivity contribution in [2.75, 3.05) is 13.2 Å². The lowest BCUT2D eigenvalue weighted by Gasteiger charge is -2.18. The van der Waals surface area contributed by atoms with Crippen LogP contribution < -0.4 is 0 Å². The molecule has 0 fully saturated rings. The van der Waals surface area contributed by atoms with Crippen molar-refractivity contribution in [1.82, 2.24) is 0 Å². The van der Waals surface area contributed by atoms with Crippen LogP contribution in [0.4, 0.5) is 0 Å². The molecule has 0 saturated carbocycles. The summed E-state index contributed by atoms with van der Waals surface area (Å²) in [6.45, 7) is 6.44. The van der Waals surface area contributed by atoms with E-state index in [-0.39, 0.29) is 31.1 Å². The number of rotatable bonds is 49. The quantitative estimate of drug-likeness (QED) is 0.0199. The van der Waals surface area contributed by atoms with Crippen LogP contribution in [0.1, 0.15) is 252 Å². The Morgan fingerprint density at radius 3 is 0.955 bits per heavy atom. The molecule has 382 valence electrons. The summed E-state index contributed by atoms with van der Waals surface area (Å²) in [4.78, 5) is 38.1. The van der Waals surface area contributed by atoms with Crippen molar-refractivity contribution in [3.8, 4) is 0 Å². The van der Waals surface area contributed by atoms with Crippen molar-refractivity contribution < 1.29 is 28.6 Å². The fourth-order valence-electron chi connectivity index (χ4n) is 7.51. The van der Waals surface area contributed by atoms with Gasteiger partial charge in [-0.1, -0.05) is 240 Å². The van der Waals surface area contributed by atoms with E-state index in [1.165, 1.54) is 89.9 Å². The Morgan fingerprint density at radius 2 is 0.597 bits per heavy atom. The zero-order valence-electron chi connectivity index (χ0n) is 43.6. The molecule has 6 nitrogen and oxygen atoms in total. The molecule has 0 amide bonds. The van der Waals surface area contributed by atoms with Crippen LogP contribution in [0.2, 0.25) is 0 Å². The van der Waals surface area contributed by atoms with Gasteiger partial charge in [-0.15, -0.1) is 0 Å². The van der Waals surface area contributed by atoms with Gasteiger partial charge in [-0.3, -0.25) is 14.4 Å². The van der Waals surface area contributed by atoms with E-state index < -0.39 is 6.10 Å². The zero-order chi connectivity index (χ0) is 48.6. The van der Waals surface area contributed by atoms with E-state index in [0.717, 1.165) is 122 Å². The minimum Gasteiger partial charge on any atom is -0.462 e. The maximum atomic E-state index is 12.8. The van der Waals surface area contributed by atoms with Gasteiger partial charge in [-0.2, -0.15) is 0 Å². The third-order valence-corrected chi connectivity index (χ3v) is 11.7. The molecule has 0 bridgehead atoms. The van der Waals surface area contributed by atoms with Gasteiger partial charge in [0.1, 0.15) is 13.2 Å². The molecule has 1 unspecified atom stereocenters. The summed E-state index contributed by atoms with van der Waals surface area (Å²) in [6.07, 6.45) is 72.4. The third kappa shape index (κ3) is 53.2. The highest BCUT2D eigenvalue weighted by Gasteiger charge is 2.19. The smallest absolute Gasteiger partial charge is 0.306 e. The molecule has 0 aliphatic heterocycles. The van der Waals surface area contributed by atoms with Gasteiger partial charge in [0, 0.05) is 19.3 Å². The summed E-state index contributed by atoms with van der Waals surface area (Å²) < 4.78 is 16.8. The van der Waals surface area contributed by atoms with Crippen LogP contribution in [-0.4, -0.2) is 37.2 Å². The molecular formula is C61H102O6. The Bertz CT molecular complexity index is 1350. The van der Waals surface area contributed by atoms with E-state index in [9.17, 15) is 14.4 Å². The highest BCUT2D eigenvalue weighted by Crippen LogP contribution is 2.14. The minimum atomic E-state index is -0.802. The molecule has 0 aliphatic carbocycles. The van der Waals surface area contributed by atoms with E-state index >= 15 is 0 Å². The van der Waals surface area contributed by atoms with Crippen molar-refractivity contribution in [2.45, 2.75) is 258 Å². The molecule has 0 N–H and O–H groups in total. The van der Waals surface area contributed by atoms with E-state index in [4.69, 9.17) is 14.2 Å². The van der Waals surface area contributed by atoms with Crippen molar-refractivity contribution in [2.24, 2.45) is 0 Å². The van der Waals surface area contributed by atoms with E-state index in [1.54, 1.807) is 0 Å². The summed E-state index contributed by atoms with van der Waals surface area (Å²) in [5, 5.41) is 0. The average Bonchev–Trinajstić information content (AvgIpc) is 3.33. The lowest BCUT2D eigenvalue weighted by molar-refractivity contribution is -0.167. The monoisotopic (exact) mass is 931 g/mol. The molecule has 0 aromatic heterocycles. The van der Waals surface area contributed by atoms with Crippen LogP contribution in [0.5, 0.6) is 0 Å². The van der Waals surface area contributed by atoms with Crippen molar-refractivity contribution in [3.05, 3.63) is 97.2 Å². The number of ether oxygens (including phenoxy) is 3. The van der Waals surface area contributed by atoms with Crippen molar-refractivity contribution >= 4 is 17.9 Å². The topological polar surface area (TPSA) is 78.9 Å². The van der Waals surface area contributed by atoms with Crippen LogP contribution in [0.15, 0.2) is 97.2 Å². The number of allylic oxidation sites excluding steroid dienone is 16. The third-order valence-electron chi connectivity index (χ3n) is 11.7. The second-order valence-electron chi connectivity index (χ2n) is 18.3. The number of carbonyl (C=O) groups excluding carboxylic acids is 3. The van der Waals surface area contributed by atoms with Gasteiger partial charge in [0.25, 0.3) is 0 Å². The standard InChI is InChI=1S/C61H102O6/c1-4-7-10-13-16-19-22-25-28-30-31-34-36-39-42-45-48-51-54-60(63)66-57-58(56-65-59(62)53-50-47-44-41-38-35-32-27-24-21-18-15-12-9-6-3)67-61(64)55-52-49-46-43-40-37-33-29-26-23-20-17-14-11-8-5-2/h9,12,15,18,21-22,24-25,27-34,58H,4-8,10-11,13-14,16-17,19-20,23,26,35-57H2,1-3H3/b12-9-,18-15-,24-21-,25-22-,30-28-,32-27-,33-29-,34-31-. The van der Waals surface area contributed by atoms with Gasteiger partial charge >= 0.3 is 17.9 Å². The Hall–Kier alpha value is -3.67. The predicted octanol–water partition coefficient (Wildman–Crippen LogP) is 18.5. The van der Waals surface area contributed by atoms with E-state index in [2.05, 4.69) is 99.8 Å². The minimum absolute atomic E-state index is 0.100. The highest BCUT2D eigenvalue weighted by atomic mass is 16.6. The van der Waals surface area contributed by atoms with Crippen LogP contribution in [0, 0.1) is 0 Å². The SMILES string of the molecule is CC\C=C/C=C\C=C/C=C\CCCCCCCC(=O)OCC(COC(=O)CCCCCCC\C=C/C=C\C=C/CCCCCCC)OC(=O)CCCCCCC/C=C\CCCCCCCCC. The van der Waals surface area contributed by atoms with Gasteiger partial charge in [0.15, 0.2) is 6.10 Å². The van der Waals surface area contributed by atoms with Crippen LogP contribution in [-0.2, 0) is 28.6 Å². The molecule has 0 heterocycles. The van der Waals surface area contributed by atoms with Crippen LogP contribution >= 0.6 is 0 Å². The first-order valence-electron chi connectivity index (χ1n) is 27.8. The summed E-state index contributed by atoms with van der Waals surface area (Å²) in [7, 11) is 0. The predicted molar refractivity (Wildman–Crippen MR) is 288 cm³/mol. The molecule has 0 saturated heterocycles. The number of hydrogen-bond donors (Lipinski definition) is 0. The molecule has 0 aliphatic rings. The average molecular weight is 931 g/mol. The Kier molecular flexibility index (Phi) is 51.9. The molecule has 0 aromatic carbocycles. The number of esters is 3. The molecule has 1 atom stereocenters. The number of hydrogen-bond acceptors (Lipinski definition) is 6. The molecule has 6 heteroatoms. The Morgan fingerprint density at radius 1 is 0.313 bits per heavy atom. The Balaban J connectivity index is 4.48. The maximum Gasteiger partial charge on any atom is 0.306 e. The molecule has 0 rings (SSSR count). The molecule has 0 aromatic rings. The maximum absolute atomic E-state index is 12.8. The van der Waals surface area contributed by atoms with Gasteiger partial charge in [-0.25, -0.2) is 0 Å². The zero-order valence-corrected chi connectivity index (χ0v) is 43.6. The van der Waals surface area contributed by atoms with Gasteiger partial charge in [0.2, 0.25) is 0 Å².